The van der Waals surface area contributed by atoms with Crippen molar-refractivity contribution in [1.82, 2.24) is 9.21 Å². The van der Waals surface area contributed by atoms with Crippen LogP contribution >= 0.6 is 22.7 Å². The van der Waals surface area contributed by atoms with Gasteiger partial charge in [0.1, 0.15) is 9.77 Å². The van der Waals surface area contributed by atoms with E-state index in [0.717, 1.165) is 36.2 Å². The number of hydrogen-bond acceptors (Lipinski definition) is 7. The Morgan fingerprint density at radius 3 is 2.61 bits per heavy atom. The summed E-state index contributed by atoms with van der Waals surface area (Å²) in [7, 11) is -3.71. The van der Waals surface area contributed by atoms with Gasteiger partial charge in [0, 0.05) is 31.1 Å². The maximum atomic E-state index is 12.7. The van der Waals surface area contributed by atoms with Gasteiger partial charge in [0.05, 0.1) is 0 Å². The van der Waals surface area contributed by atoms with Gasteiger partial charge >= 0.3 is 5.97 Å². The zero-order valence-corrected chi connectivity index (χ0v) is 17.6. The predicted octanol–water partition coefficient (Wildman–Crippen LogP) is 2.34. The number of esters is 1. The summed E-state index contributed by atoms with van der Waals surface area (Å²) in [5.74, 6) is -1.04. The Kier molecular flexibility index (Phi) is 5.55. The Labute approximate surface area is 171 Å². The molecule has 1 fully saturated rings. The predicted molar refractivity (Wildman–Crippen MR) is 106 cm³/mol. The van der Waals surface area contributed by atoms with Crippen LogP contribution in [0.25, 0.3) is 0 Å². The molecule has 2 aromatic heterocycles. The Balaban J connectivity index is 1.40. The molecule has 0 aromatic carbocycles. The highest BCUT2D eigenvalue weighted by Crippen LogP contribution is 2.28. The molecule has 7 nitrogen and oxygen atoms in total. The van der Waals surface area contributed by atoms with E-state index in [-0.39, 0.29) is 22.3 Å². The number of thiophene rings is 2. The van der Waals surface area contributed by atoms with Gasteiger partial charge in [-0.1, -0.05) is 0 Å². The van der Waals surface area contributed by atoms with Gasteiger partial charge in [-0.05, 0) is 47.7 Å². The number of rotatable bonds is 5. The van der Waals surface area contributed by atoms with Crippen LogP contribution in [0.2, 0.25) is 0 Å². The van der Waals surface area contributed by atoms with Crippen molar-refractivity contribution in [2.24, 2.45) is 0 Å². The van der Waals surface area contributed by atoms with E-state index in [0.29, 0.717) is 26.2 Å². The highest BCUT2D eigenvalue weighted by atomic mass is 32.2. The monoisotopic (exact) mass is 440 g/mol. The molecular formula is C18H20N2O5S3. The van der Waals surface area contributed by atoms with Crippen molar-refractivity contribution in [3.05, 3.63) is 38.2 Å². The second-order valence-corrected chi connectivity index (χ2v) is 10.6. The Morgan fingerprint density at radius 2 is 1.82 bits per heavy atom. The minimum absolute atomic E-state index is 0.0264. The fourth-order valence-electron chi connectivity index (χ4n) is 3.46. The Morgan fingerprint density at radius 1 is 1.07 bits per heavy atom. The molecule has 0 radical (unpaired) electrons. The number of nitrogens with zero attached hydrogens (tertiary/aromatic N) is 2. The molecule has 2 aliphatic rings. The van der Waals surface area contributed by atoms with Crippen LogP contribution < -0.4 is 0 Å². The molecule has 4 rings (SSSR count). The van der Waals surface area contributed by atoms with Gasteiger partial charge in [-0.25, -0.2) is 13.2 Å². The van der Waals surface area contributed by atoms with Crippen molar-refractivity contribution < 1.29 is 22.7 Å². The normalized spacial score (nSPS) is 17.5. The summed E-state index contributed by atoms with van der Waals surface area (Å²) in [5, 5.41) is 3.57. The van der Waals surface area contributed by atoms with Crippen LogP contribution in [0, 0.1) is 0 Å². The lowest BCUT2D eigenvalue weighted by molar-refractivity contribution is -0.135. The van der Waals surface area contributed by atoms with Crippen molar-refractivity contribution in [1.29, 1.82) is 0 Å². The molecule has 10 heteroatoms. The number of carbonyl (C=O) groups is 2. The fourth-order valence-corrected chi connectivity index (χ4v) is 7.15. The second-order valence-electron chi connectivity index (χ2n) is 6.74. The zero-order valence-electron chi connectivity index (χ0n) is 15.1. The summed E-state index contributed by atoms with van der Waals surface area (Å²) in [6, 6.07) is 3.44. The number of sulfonamides is 1. The largest absolute Gasteiger partial charge is 0.451 e. The molecule has 0 saturated carbocycles. The molecule has 1 amide bonds. The first-order valence-corrected chi connectivity index (χ1v) is 12.2. The van der Waals surface area contributed by atoms with Crippen LogP contribution in [0.15, 0.2) is 27.8 Å². The number of hydrogen-bond donors (Lipinski definition) is 0. The van der Waals surface area contributed by atoms with Crippen molar-refractivity contribution in [2.45, 2.75) is 30.7 Å². The van der Waals surface area contributed by atoms with E-state index in [2.05, 4.69) is 0 Å². The van der Waals surface area contributed by atoms with Crippen LogP contribution in [0.4, 0.5) is 0 Å². The molecule has 0 spiro atoms. The molecule has 0 N–H and O–H groups in total. The number of carbonyl (C=O) groups excluding carboxylic acids is 2. The van der Waals surface area contributed by atoms with Crippen molar-refractivity contribution in [3.63, 3.8) is 0 Å². The summed E-state index contributed by atoms with van der Waals surface area (Å²) >= 11 is 2.71. The lowest BCUT2D eigenvalue weighted by atomic mass is 10.1. The van der Waals surface area contributed by atoms with E-state index in [1.807, 2.05) is 11.4 Å². The minimum atomic E-state index is -3.71. The van der Waals surface area contributed by atoms with Crippen LogP contribution in [0.1, 0.15) is 33.0 Å². The highest BCUT2D eigenvalue weighted by molar-refractivity contribution is 7.89. The first-order valence-electron chi connectivity index (χ1n) is 9.04. The third-order valence-corrected chi connectivity index (χ3v) is 8.97. The van der Waals surface area contributed by atoms with Gasteiger partial charge in [-0.15, -0.1) is 22.7 Å². The third kappa shape index (κ3) is 3.73. The summed E-state index contributed by atoms with van der Waals surface area (Å²) < 4.78 is 32.1. The number of amides is 1. The number of fused-ring (bicyclic) bond motifs is 1. The van der Waals surface area contributed by atoms with Crippen molar-refractivity contribution in [2.75, 3.05) is 26.2 Å². The molecule has 2 aliphatic heterocycles. The zero-order chi connectivity index (χ0) is 19.7. The van der Waals surface area contributed by atoms with Crippen LogP contribution in [0.5, 0.6) is 0 Å². The lowest BCUT2D eigenvalue weighted by Gasteiger charge is -2.26. The molecule has 28 heavy (non-hydrogen) atoms. The Bertz CT molecular complexity index is 989. The molecule has 0 atom stereocenters. The summed E-state index contributed by atoms with van der Waals surface area (Å²) in [5.41, 5.74) is 1.13. The molecule has 150 valence electrons. The van der Waals surface area contributed by atoms with Gasteiger partial charge in [0.15, 0.2) is 6.61 Å². The maximum Gasteiger partial charge on any atom is 0.350 e. The Hall–Kier alpha value is -1.75. The average Bonchev–Trinajstić information content (AvgIpc) is 3.45. The van der Waals surface area contributed by atoms with Gasteiger partial charge in [0.25, 0.3) is 5.91 Å². The van der Waals surface area contributed by atoms with Crippen LogP contribution in [-0.4, -0.2) is 55.7 Å². The smallest absolute Gasteiger partial charge is 0.350 e. The topological polar surface area (TPSA) is 84.0 Å². The van der Waals surface area contributed by atoms with Gasteiger partial charge in [-0.2, -0.15) is 4.31 Å². The average molecular weight is 441 g/mol. The lowest BCUT2D eigenvalue weighted by Crippen LogP contribution is -2.38. The van der Waals surface area contributed by atoms with E-state index in [1.54, 1.807) is 21.6 Å². The molecule has 4 heterocycles. The summed E-state index contributed by atoms with van der Waals surface area (Å²) in [6.07, 6.45) is 2.44. The van der Waals surface area contributed by atoms with Crippen molar-refractivity contribution in [3.8, 4) is 0 Å². The minimum Gasteiger partial charge on any atom is -0.451 e. The summed E-state index contributed by atoms with van der Waals surface area (Å²) in [6.45, 7) is 1.65. The highest BCUT2D eigenvalue weighted by Gasteiger charge is 2.32. The van der Waals surface area contributed by atoms with Crippen LogP contribution in [-0.2, 0) is 32.5 Å². The van der Waals surface area contributed by atoms with E-state index in [9.17, 15) is 18.0 Å². The summed E-state index contributed by atoms with van der Waals surface area (Å²) in [4.78, 5) is 27.8. The SMILES string of the molecule is O=C(OCC(=O)N1CCc2sccc2C1)c1sccc1S(=O)(=O)N1CCCC1. The third-order valence-electron chi connectivity index (χ3n) is 4.98. The maximum absolute atomic E-state index is 12.7. The standard InChI is InChI=1S/C18H20N2O5S3/c21-16(19-8-3-14-13(11-19)4-9-26-14)12-25-18(22)17-15(5-10-27-17)28(23,24)20-6-1-2-7-20/h4-5,9-10H,1-3,6-8,11-12H2. The fraction of sp³-hybridized carbons (Fsp3) is 0.444. The van der Waals surface area contributed by atoms with E-state index in [4.69, 9.17) is 4.74 Å². The van der Waals surface area contributed by atoms with Crippen LogP contribution in [0.3, 0.4) is 0 Å². The van der Waals surface area contributed by atoms with Crippen molar-refractivity contribution >= 4 is 44.6 Å². The van der Waals surface area contributed by atoms with E-state index >= 15 is 0 Å². The van der Waals surface area contributed by atoms with Gasteiger partial charge in [0.2, 0.25) is 10.0 Å². The molecular weight excluding hydrogens is 420 g/mol. The van der Waals surface area contributed by atoms with E-state index in [1.165, 1.54) is 15.2 Å². The first kappa shape index (κ1) is 19.6. The van der Waals surface area contributed by atoms with E-state index < -0.39 is 16.0 Å². The first-order chi connectivity index (χ1) is 13.5. The molecule has 1 saturated heterocycles. The molecule has 0 aliphatic carbocycles. The number of ether oxygens (including phenoxy) is 1. The molecule has 0 unspecified atom stereocenters. The van der Waals surface area contributed by atoms with Gasteiger partial charge in [-0.3, -0.25) is 4.79 Å². The molecule has 2 aromatic rings. The van der Waals surface area contributed by atoms with Gasteiger partial charge < -0.3 is 9.64 Å². The quantitative estimate of drug-likeness (QED) is 0.667. The second kappa shape index (κ2) is 7.94. The molecule has 0 bridgehead atoms.